The summed E-state index contributed by atoms with van der Waals surface area (Å²) < 4.78 is 0. The third-order valence-corrected chi connectivity index (χ3v) is 1.41. The SMILES string of the molecule is Cc1ccc(O)c(NC(N)=O)c1. The van der Waals surface area contributed by atoms with Crippen LogP contribution in [0.5, 0.6) is 5.75 Å². The van der Waals surface area contributed by atoms with Crippen LogP contribution in [-0.4, -0.2) is 11.1 Å². The minimum absolute atomic E-state index is 0.0133. The Bertz CT molecular complexity index is 310. The van der Waals surface area contributed by atoms with Crippen molar-refractivity contribution >= 4 is 11.7 Å². The zero-order valence-electron chi connectivity index (χ0n) is 6.66. The van der Waals surface area contributed by atoms with E-state index in [-0.39, 0.29) is 5.75 Å². The Labute approximate surface area is 70.0 Å². The number of amides is 2. The maximum Gasteiger partial charge on any atom is 0.316 e. The molecule has 1 aromatic rings. The summed E-state index contributed by atoms with van der Waals surface area (Å²) in [4.78, 5) is 10.4. The lowest BCUT2D eigenvalue weighted by Gasteiger charge is -2.04. The van der Waals surface area contributed by atoms with Crippen LogP contribution in [0.4, 0.5) is 10.5 Å². The zero-order chi connectivity index (χ0) is 9.14. The molecule has 0 aliphatic rings. The highest BCUT2D eigenvalue weighted by Gasteiger charge is 2.01. The predicted octanol–water partition coefficient (Wildman–Crippen LogP) is 1.19. The number of urea groups is 1. The molecular weight excluding hydrogens is 156 g/mol. The number of aryl methyl sites for hydroxylation is 1. The summed E-state index contributed by atoms with van der Waals surface area (Å²) in [7, 11) is 0. The number of nitrogens with two attached hydrogens (primary N) is 1. The molecule has 0 radical (unpaired) electrons. The lowest BCUT2D eigenvalue weighted by Crippen LogP contribution is -2.19. The summed E-state index contributed by atoms with van der Waals surface area (Å²) in [6, 6.07) is 4.19. The van der Waals surface area contributed by atoms with Crippen LogP contribution in [0, 0.1) is 6.92 Å². The Kier molecular flexibility index (Phi) is 2.19. The summed E-state index contributed by atoms with van der Waals surface area (Å²) in [5.41, 5.74) is 6.16. The number of rotatable bonds is 1. The molecule has 4 N–H and O–H groups in total. The molecule has 0 saturated carbocycles. The van der Waals surface area contributed by atoms with Crippen molar-refractivity contribution in [1.29, 1.82) is 0 Å². The van der Waals surface area contributed by atoms with E-state index in [1.807, 2.05) is 6.92 Å². The first kappa shape index (κ1) is 8.39. The van der Waals surface area contributed by atoms with Crippen molar-refractivity contribution in [3.05, 3.63) is 23.8 Å². The summed E-state index contributed by atoms with van der Waals surface area (Å²) in [6.07, 6.45) is 0. The predicted molar refractivity (Wildman–Crippen MR) is 46.0 cm³/mol. The molecule has 64 valence electrons. The molecule has 0 unspecified atom stereocenters. The molecule has 0 aliphatic heterocycles. The van der Waals surface area contributed by atoms with E-state index < -0.39 is 6.03 Å². The van der Waals surface area contributed by atoms with Crippen molar-refractivity contribution in [2.75, 3.05) is 5.32 Å². The van der Waals surface area contributed by atoms with Crippen LogP contribution >= 0.6 is 0 Å². The minimum Gasteiger partial charge on any atom is -0.506 e. The maximum atomic E-state index is 10.4. The average Bonchev–Trinajstić information content (AvgIpc) is 1.96. The van der Waals surface area contributed by atoms with Gasteiger partial charge in [0.05, 0.1) is 5.69 Å². The molecule has 2 amide bonds. The van der Waals surface area contributed by atoms with E-state index in [9.17, 15) is 9.90 Å². The Morgan fingerprint density at radius 3 is 2.83 bits per heavy atom. The van der Waals surface area contributed by atoms with Gasteiger partial charge in [-0.25, -0.2) is 4.79 Å². The van der Waals surface area contributed by atoms with Crippen LogP contribution in [0.15, 0.2) is 18.2 Å². The second-order valence-electron chi connectivity index (χ2n) is 2.51. The van der Waals surface area contributed by atoms with Crippen LogP contribution in [0.3, 0.4) is 0 Å². The highest BCUT2D eigenvalue weighted by Crippen LogP contribution is 2.23. The maximum absolute atomic E-state index is 10.4. The summed E-state index contributed by atoms with van der Waals surface area (Å²) in [5.74, 6) is 0.0133. The number of phenolic OH excluding ortho intramolecular Hbond substituents is 1. The normalized spacial score (nSPS) is 9.42. The molecule has 4 heteroatoms. The lowest BCUT2D eigenvalue weighted by atomic mass is 10.2. The highest BCUT2D eigenvalue weighted by molar-refractivity contribution is 5.89. The lowest BCUT2D eigenvalue weighted by molar-refractivity contribution is 0.259. The van der Waals surface area contributed by atoms with Gasteiger partial charge in [0.15, 0.2) is 0 Å². The molecule has 1 rings (SSSR count). The van der Waals surface area contributed by atoms with E-state index in [4.69, 9.17) is 5.73 Å². The van der Waals surface area contributed by atoms with E-state index in [1.54, 1.807) is 12.1 Å². The molecule has 12 heavy (non-hydrogen) atoms. The molecule has 0 spiro atoms. The van der Waals surface area contributed by atoms with E-state index in [2.05, 4.69) is 5.32 Å². The fraction of sp³-hybridized carbons (Fsp3) is 0.125. The number of nitrogens with one attached hydrogen (secondary N) is 1. The number of aromatic hydroxyl groups is 1. The largest absolute Gasteiger partial charge is 0.506 e. The van der Waals surface area contributed by atoms with Crippen molar-refractivity contribution < 1.29 is 9.90 Å². The number of phenols is 1. The highest BCUT2D eigenvalue weighted by atomic mass is 16.3. The fourth-order valence-corrected chi connectivity index (χ4v) is 0.883. The molecule has 0 heterocycles. The minimum atomic E-state index is -0.684. The van der Waals surface area contributed by atoms with Crippen LogP contribution in [0.1, 0.15) is 5.56 Å². The van der Waals surface area contributed by atoms with E-state index in [1.165, 1.54) is 6.07 Å². The van der Waals surface area contributed by atoms with Crippen molar-refractivity contribution in [2.45, 2.75) is 6.92 Å². The van der Waals surface area contributed by atoms with Gasteiger partial charge < -0.3 is 16.2 Å². The molecule has 0 fully saturated rings. The first-order valence-corrected chi connectivity index (χ1v) is 3.45. The summed E-state index contributed by atoms with van der Waals surface area (Å²) >= 11 is 0. The summed E-state index contributed by atoms with van der Waals surface area (Å²) in [5, 5.41) is 11.5. The second-order valence-corrected chi connectivity index (χ2v) is 2.51. The standard InChI is InChI=1S/C8H10N2O2/c1-5-2-3-7(11)6(4-5)10-8(9)12/h2-4,11H,1H3,(H3,9,10,12). The van der Waals surface area contributed by atoms with Crippen LogP contribution in [0.25, 0.3) is 0 Å². The topological polar surface area (TPSA) is 75.3 Å². The van der Waals surface area contributed by atoms with Gasteiger partial charge in [-0.05, 0) is 24.6 Å². The van der Waals surface area contributed by atoms with Gasteiger partial charge in [-0.2, -0.15) is 0 Å². The second kappa shape index (κ2) is 3.13. The Balaban J connectivity index is 2.97. The zero-order valence-corrected chi connectivity index (χ0v) is 6.66. The van der Waals surface area contributed by atoms with Crippen molar-refractivity contribution in [3.63, 3.8) is 0 Å². The summed E-state index contributed by atoms with van der Waals surface area (Å²) in [6.45, 7) is 1.85. The van der Waals surface area contributed by atoms with Gasteiger partial charge in [-0.1, -0.05) is 6.07 Å². The number of hydrogen-bond acceptors (Lipinski definition) is 2. The van der Waals surface area contributed by atoms with Gasteiger partial charge in [-0.3, -0.25) is 0 Å². The quantitative estimate of drug-likeness (QED) is 0.548. The molecule has 0 aliphatic carbocycles. The third kappa shape index (κ3) is 1.88. The average molecular weight is 166 g/mol. The Morgan fingerprint density at radius 1 is 1.58 bits per heavy atom. The van der Waals surface area contributed by atoms with Gasteiger partial charge in [0.2, 0.25) is 0 Å². The van der Waals surface area contributed by atoms with Gasteiger partial charge in [-0.15, -0.1) is 0 Å². The number of anilines is 1. The first-order chi connectivity index (χ1) is 5.59. The van der Waals surface area contributed by atoms with Gasteiger partial charge >= 0.3 is 6.03 Å². The van der Waals surface area contributed by atoms with Crippen molar-refractivity contribution in [2.24, 2.45) is 5.73 Å². The van der Waals surface area contributed by atoms with Crippen LogP contribution < -0.4 is 11.1 Å². The monoisotopic (exact) mass is 166 g/mol. The van der Waals surface area contributed by atoms with Crippen LogP contribution in [0.2, 0.25) is 0 Å². The molecule has 0 atom stereocenters. The Morgan fingerprint density at radius 2 is 2.25 bits per heavy atom. The molecule has 0 bridgehead atoms. The molecule has 0 saturated heterocycles. The number of carbonyl (C=O) groups excluding carboxylic acids is 1. The van der Waals surface area contributed by atoms with E-state index in [0.29, 0.717) is 5.69 Å². The Hall–Kier alpha value is -1.71. The van der Waals surface area contributed by atoms with Gasteiger partial charge in [0.25, 0.3) is 0 Å². The first-order valence-electron chi connectivity index (χ1n) is 3.45. The number of hydrogen-bond donors (Lipinski definition) is 3. The van der Waals surface area contributed by atoms with Gasteiger partial charge in [0, 0.05) is 0 Å². The van der Waals surface area contributed by atoms with E-state index >= 15 is 0 Å². The molecular formula is C8H10N2O2. The third-order valence-electron chi connectivity index (χ3n) is 1.41. The van der Waals surface area contributed by atoms with Crippen molar-refractivity contribution in [3.8, 4) is 5.75 Å². The molecule has 0 aromatic heterocycles. The van der Waals surface area contributed by atoms with Gasteiger partial charge in [0.1, 0.15) is 5.75 Å². The van der Waals surface area contributed by atoms with E-state index in [0.717, 1.165) is 5.56 Å². The van der Waals surface area contributed by atoms with Crippen molar-refractivity contribution in [1.82, 2.24) is 0 Å². The fourth-order valence-electron chi connectivity index (χ4n) is 0.883. The smallest absolute Gasteiger partial charge is 0.316 e. The number of carbonyl (C=O) groups is 1. The number of benzene rings is 1. The number of primary amides is 1. The molecule has 1 aromatic carbocycles. The van der Waals surface area contributed by atoms with Crippen LogP contribution in [-0.2, 0) is 0 Å². The molecule has 4 nitrogen and oxygen atoms in total.